The van der Waals surface area contributed by atoms with Crippen molar-refractivity contribution in [2.45, 2.75) is 50.4 Å². The van der Waals surface area contributed by atoms with Crippen molar-refractivity contribution in [3.05, 3.63) is 30.1 Å². The number of aliphatic hydroxyl groups excluding tert-OH is 1. The number of halogens is 2. The van der Waals surface area contributed by atoms with Gasteiger partial charge in [0.1, 0.15) is 17.7 Å². The van der Waals surface area contributed by atoms with E-state index in [1.54, 1.807) is 12.1 Å². The molecule has 140 valence electrons. The van der Waals surface area contributed by atoms with Crippen LogP contribution in [0.3, 0.4) is 0 Å². The van der Waals surface area contributed by atoms with E-state index in [0.717, 1.165) is 19.3 Å². The molecule has 0 radical (unpaired) electrons. The zero-order valence-corrected chi connectivity index (χ0v) is 15.0. The zero-order valence-electron chi connectivity index (χ0n) is 14.1. The molecule has 3 N–H and O–H groups in total. The summed E-state index contributed by atoms with van der Waals surface area (Å²) in [6, 6.07) is 5.93. The second-order valence-electron chi connectivity index (χ2n) is 6.84. The number of carbonyl (C=O) groups is 1. The highest BCUT2D eigenvalue weighted by atomic mass is 35.5. The van der Waals surface area contributed by atoms with Crippen molar-refractivity contribution in [3.8, 4) is 5.75 Å². The Morgan fingerprint density at radius 2 is 1.96 bits per heavy atom. The molecule has 1 saturated carbocycles. The molecular weight excluding hydrogens is 347 g/mol. The fourth-order valence-corrected chi connectivity index (χ4v) is 3.58. The number of nitrogens with zero attached hydrogens (tertiary/aromatic N) is 1. The van der Waals surface area contributed by atoms with Gasteiger partial charge in [0.25, 0.3) is 0 Å². The molecule has 1 saturated heterocycles. The Balaban J connectivity index is 0.00000225. The molecule has 1 aliphatic heterocycles. The molecular formula is C18H26ClFN2O3. The van der Waals surface area contributed by atoms with Gasteiger partial charge in [-0.05, 0) is 31.4 Å². The second kappa shape index (κ2) is 8.83. The largest absolute Gasteiger partial charge is 0.490 e. The van der Waals surface area contributed by atoms with Gasteiger partial charge in [-0.15, -0.1) is 12.4 Å². The van der Waals surface area contributed by atoms with Crippen LogP contribution in [0.2, 0.25) is 0 Å². The average molecular weight is 373 g/mol. The Hall–Kier alpha value is -1.37. The lowest BCUT2D eigenvalue weighted by Crippen LogP contribution is -2.48. The highest BCUT2D eigenvalue weighted by Crippen LogP contribution is 2.27. The van der Waals surface area contributed by atoms with Gasteiger partial charge in [0.2, 0.25) is 5.91 Å². The summed E-state index contributed by atoms with van der Waals surface area (Å²) >= 11 is 0. The fourth-order valence-electron chi connectivity index (χ4n) is 3.58. The van der Waals surface area contributed by atoms with Crippen molar-refractivity contribution in [2.75, 3.05) is 13.1 Å². The minimum absolute atomic E-state index is 0. The Labute approximate surface area is 153 Å². The minimum atomic E-state index is -0.582. The van der Waals surface area contributed by atoms with Gasteiger partial charge in [0.05, 0.1) is 6.10 Å². The number of aliphatic hydroxyl groups is 1. The first-order chi connectivity index (χ1) is 11.5. The van der Waals surface area contributed by atoms with E-state index in [-0.39, 0.29) is 42.2 Å². The quantitative estimate of drug-likeness (QED) is 0.852. The van der Waals surface area contributed by atoms with E-state index in [2.05, 4.69) is 0 Å². The maximum absolute atomic E-state index is 13.2. The van der Waals surface area contributed by atoms with Crippen molar-refractivity contribution in [3.63, 3.8) is 0 Å². The van der Waals surface area contributed by atoms with E-state index in [4.69, 9.17) is 10.5 Å². The maximum atomic E-state index is 13.2. The molecule has 1 aromatic rings. The number of carbonyl (C=O) groups excluding carboxylic acids is 1. The molecule has 1 aliphatic carbocycles. The van der Waals surface area contributed by atoms with Crippen LogP contribution in [0.1, 0.15) is 32.1 Å². The molecule has 7 heteroatoms. The van der Waals surface area contributed by atoms with E-state index in [9.17, 15) is 14.3 Å². The van der Waals surface area contributed by atoms with Crippen LogP contribution >= 0.6 is 12.4 Å². The fraction of sp³-hybridized carbons (Fsp3) is 0.611. The lowest BCUT2D eigenvalue weighted by atomic mass is 9.83. The summed E-state index contributed by atoms with van der Waals surface area (Å²) in [4.78, 5) is 14.5. The zero-order chi connectivity index (χ0) is 17.1. The summed E-state index contributed by atoms with van der Waals surface area (Å²) in [6.07, 6.45) is 2.78. The van der Waals surface area contributed by atoms with Gasteiger partial charge in [0, 0.05) is 44.0 Å². The minimum Gasteiger partial charge on any atom is -0.490 e. The number of nitrogens with two attached hydrogens (primary N) is 1. The van der Waals surface area contributed by atoms with Gasteiger partial charge in [-0.3, -0.25) is 4.79 Å². The smallest absolute Gasteiger partial charge is 0.225 e. The molecule has 1 heterocycles. The van der Waals surface area contributed by atoms with Gasteiger partial charge in [-0.1, -0.05) is 6.07 Å². The summed E-state index contributed by atoms with van der Waals surface area (Å²) in [5, 5.41) is 9.88. The number of likely N-dealkylation sites (tertiary alicyclic amines) is 1. The first-order valence-electron chi connectivity index (χ1n) is 8.67. The third kappa shape index (κ3) is 5.06. The van der Waals surface area contributed by atoms with Gasteiger partial charge in [-0.2, -0.15) is 0 Å². The first-order valence-corrected chi connectivity index (χ1v) is 8.67. The molecule has 0 unspecified atom stereocenters. The van der Waals surface area contributed by atoms with Crippen molar-refractivity contribution >= 4 is 18.3 Å². The predicted octanol–water partition coefficient (Wildman–Crippen LogP) is 2.11. The molecule has 3 atom stereocenters. The van der Waals surface area contributed by atoms with Crippen molar-refractivity contribution < 1.29 is 19.0 Å². The van der Waals surface area contributed by atoms with E-state index < -0.39 is 6.10 Å². The molecule has 0 spiro atoms. The number of benzene rings is 1. The van der Waals surface area contributed by atoms with Gasteiger partial charge >= 0.3 is 0 Å². The van der Waals surface area contributed by atoms with Crippen LogP contribution in [0.5, 0.6) is 5.75 Å². The average Bonchev–Trinajstić information content (AvgIpc) is 2.57. The van der Waals surface area contributed by atoms with Crippen LogP contribution in [-0.4, -0.2) is 47.3 Å². The first kappa shape index (κ1) is 19.9. The second-order valence-corrected chi connectivity index (χ2v) is 6.84. The SMILES string of the molecule is Cl.N[C@@H]1CC[C@H](C(=O)N2CCC(Oc3cccc(F)c3)CC2)C[C@H]1O. The van der Waals surface area contributed by atoms with Crippen LogP contribution in [0, 0.1) is 11.7 Å². The summed E-state index contributed by atoms with van der Waals surface area (Å²) in [5.41, 5.74) is 5.80. The Kier molecular flexibility index (Phi) is 7.04. The molecule has 1 amide bonds. The van der Waals surface area contributed by atoms with Crippen molar-refractivity contribution in [1.29, 1.82) is 0 Å². The summed E-state index contributed by atoms with van der Waals surface area (Å²) in [5.74, 6) is 0.212. The Morgan fingerprint density at radius 1 is 1.24 bits per heavy atom. The molecule has 0 aromatic heterocycles. The number of ether oxygens (including phenoxy) is 1. The molecule has 5 nitrogen and oxygen atoms in total. The van der Waals surface area contributed by atoms with E-state index >= 15 is 0 Å². The van der Waals surface area contributed by atoms with E-state index in [1.165, 1.54) is 12.1 Å². The van der Waals surface area contributed by atoms with Crippen molar-refractivity contribution in [1.82, 2.24) is 4.90 Å². The molecule has 0 bridgehead atoms. The number of rotatable bonds is 3. The molecule has 2 aliphatic rings. The standard InChI is InChI=1S/C18H25FN2O3.ClH/c19-13-2-1-3-15(11-13)24-14-6-8-21(9-7-14)18(23)12-4-5-16(20)17(22)10-12;/h1-3,11-12,14,16-17,22H,4-10,20H2;1H/t12-,16+,17+;/m0./s1. The summed E-state index contributed by atoms with van der Waals surface area (Å²) < 4.78 is 19.0. The van der Waals surface area contributed by atoms with E-state index in [1.807, 2.05) is 4.90 Å². The summed E-state index contributed by atoms with van der Waals surface area (Å²) in [6.45, 7) is 1.27. The van der Waals surface area contributed by atoms with Crippen LogP contribution in [-0.2, 0) is 4.79 Å². The Morgan fingerprint density at radius 3 is 2.60 bits per heavy atom. The van der Waals surface area contributed by atoms with Crippen LogP contribution in [0.25, 0.3) is 0 Å². The molecule has 25 heavy (non-hydrogen) atoms. The molecule has 1 aromatic carbocycles. The third-order valence-corrected chi connectivity index (χ3v) is 5.07. The highest BCUT2D eigenvalue weighted by Gasteiger charge is 2.34. The van der Waals surface area contributed by atoms with Gasteiger partial charge in [-0.25, -0.2) is 4.39 Å². The lowest BCUT2D eigenvalue weighted by Gasteiger charge is -2.37. The number of hydrogen-bond donors (Lipinski definition) is 2. The topological polar surface area (TPSA) is 75.8 Å². The lowest BCUT2D eigenvalue weighted by molar-refractivity contribution is -0.140. The van der Waals surface area contributed by atoms with Gasteiger partial charge < -0.3 is 20.5 Å². The predicted molar refractivity (Wildman–Crippen MR) is 95.2 cm³/mol. The van der Waals surface area contributed by atoms with Crippen LogP contribution in [0.4, 0.5) is 4.39 Å². The normalized spacial score (nSPS) is 27.5. The molecule has 3 rings (SSSR count). The Bertz CT molecular complexity index is 581. The molecule has 2 fully saturated rings. The number of piperidine rings is 1. The van der Waals surface area contributed by atoms with Gasteiger partial charge in [0.15, 0.2) is 0 Å². The monoisotopic (exact) mass is 372 g/mol. The summed E-state index contributed by atoms with van der Waals surface area (Å²) in [7, 11) is 0. The third-order valence-electron chi connectivity index (χ3n) is 5.07. The van der Waals surface area contributed by atoms with Crippen LogP contribution < -0.4 is 10.5 Å². The maximum Gasteiger partial charge on any atom is 0.225 e. The van der Waals surface area contributed by atoms with Crippen LogP contribution in [0.15, 0.2) is 24.3 Å². The van der Waals surface area contributed by atoms with E-state index in [0.29, 0.717) is 31.7 Å². The highest BCUT2D eigenvalue weighted by molar-refractivity contribution is 5.85. The van der Waals surface area contributed by atoms with Crippen molar-refractivity contribution in [2.24, 2.45) is 11.7 Å². The number of amides is 1. The number of hydrogen-bond acceptors (Lipinski definition) is 4.